The number of piperidine rings is 1. The van der Waals surface area contributed by atoms with Crippen LogP contribution in [0.5, 0.6) is 0 Å². The topological polar surface area (TPSA) is 69.7 Å². The van der Waals surface area contributed by atoms with E-state index in [2.05, 4.69) is 30.2 Å². The SMILES string of the molecule is FC(F)(F)c1nc(NC2CCN(C3CCCC3)CC2)c2[nH]cnc2n1. The molecule has 1 saturated heterocycles. The van der Waals surface area contributed by atoms with E-state index in [0.29, 0.717) is 11.6 Å². The molecule has 2 fully saturated rings. The van der Waals surface area contributed by atoms with Gasteiger partial charge in [-0.1, -0.05) is 12.8 Å². The fourth-order valence-corrected chi connectivity index (χ4v) is 3.94. The average molecular weight is 354 g/mol. The molecule has 1 aliphatic heterocycles. The van der Waals surface area contributed by atoms with Crippen molar-refractivity contribution in [3.8, 4) is 0 Å². The minimum Gasteiger partial charge on any atom is -0.365 e. The number of hydrogen-bond acceptors (Lipinski definition) is 5. The maximum absolute atomic E-state index is 13.0. The van der Waals surface area contributed by atoms with E-state index in [0.717, 1.165) is 25.9 Å². The average Bonchev–Trinajstić information content (AvgIpc) is 3.26. The maximum Gasteiger partial charge on any atom is 0.451 e. The van der Waals surface area contributed by atoms with Gasteiger partial charge in [0.1, 0.15) is 5.52 Å². The van der Waals surface area contributed by atoms with Crippen LogP contribution in [-0.4, -0.2) is 50.0 Å². The standard InChI is InChI=1S/C16H21F3N6/c17-16(18,19)15-23-13-12(20-9-21-13)14(24-15)22-10-5-7-25(8-6-10)11-3-1-2-4-11/h9-11H,1-8H2,(H2,20,21,22,23,24). The van der Waals surface area contributed by atoms with Gasteiger partial charge in [0.15, 0.2) is 11.5 Å². The van der Waals surface area contributed by atoms with E-state index in [-0.39, 0.29) is 17.5 Å². The molecule has 1 aliphatic carbocycles. The van der Waals surface area contributed by atoms with Crippen LogP contribution in [-0.2, 0) is 6.18 Å². The van der Waals surface area contributed by atoms with Gasteiger partial charge in [-0.2, -0.15) is 13.2 Å². The first-order valence-corrected chi connectivity index (χ1v) is 8.79. The highest BCUT2D eigenvalue weighted by Gasteiger charge is 2.36. The van der Waals surface area contributed by atoms with Crippen LogP contribution >= 0.6 is 0 Å². The van der Waals surface area contributed by atoms with Crippen molar-refractivity contribution < 1.29 is 13.2 Å². The van der Waals surface area contributed by atoms with Gasteiger partial charge in [0, 0.05) is 25.2 Å². The van der Waals surface area contributed by atoms with Crippen LogP contribution in [0.15, 0.2) is 6.33 Å². The quantitative estimate of drug-likeness (QED) is 0.886. The zero-order valence-corrected chi connectivity index (χ0v) is 13.8. The summed E-state index contributed by atoms with van der Waals surface area (Å²) in [6, 6.07) is 0.802. The first-order valence-electron chi connectivity index (χ1n) is 8.79. The highest BCUT2D eigenvalue weighted by atomic mass is 19.4. The lowest BCUT2D eigenvalue weighted by atomic mass is 10.0. The number of rotatable bonds is 3. The molecule has 2 N–H and O–H groups in total. The monoisotopic (exact) mass is 354 g/mol. The zero-order chi connectivity index (χ0) is 17.4. The van der Waals surface area contributed by atoms with E-state index < -0.39 is 12.0 Å². The number of likely N-dealkylation sites (tertiary alicyclic amines) is 1. The van der Waals surface area contributed by atoms with Crippen LogP contribution in [0, 0.1) is 0 Å². The number of aromatic amines is 1. The summed E-state index contributed by atoms with van der Waals surface area (Å²) in [4.78, 5) is 16.4. The van der Waals surface area contributed by atoms with Gasteiger partial charge in [0.2, 0.25) is 5.82 Å². The van der Waals surface area contributed by atoms with Crippen molar-refractivity contribution in [1.29, 1.82) is 0 Å². The predicted molar refractivity (Wildman–Crippen MR) is 87.2 cm³/mol. The molecule has 2 aliphatic rings. The van der Waals surface area contributed by atoms with Crippen molar-refractivity contribution in [2.24, 2.45) is 0 Å². The van der Waals surface area contributed by atoms with E-state index in [1.807, 2.05) is 0 Å². The molecule has 0 aromatic carbocycles. The summed E-state index contributed by atoms with van der Waals surface area (Å²) in [5, 5.41) is 3.18. The molecule has 6 nitrogen and oxygen atoms in total. The zero-order valence-electron chi connectivity index (χ0n) is 13.8. The summed E-state index contributed by atoms with van der Waals surface area (Å²) in [5.41, 5.74) is 0.458. The van der Waals surface area contributed by atoms with Crippen molar-refractivity contribution >= 4 is 17.0 Å². The molecule has 0 amide bonds. The third kappa shape index (κ3) is 3.42. The molecule has 2 aromatic heterocycles. The summed E-state index contributed by atoms with van der Waals surface area (Å²) in [5.74, 6) is -0.966. The minimum absolute atomic E-state index is 0.0354. The lowest BCUT2D eigenvalue weighted by Gasteiger charge is -2.36. The number of imidazole rings is 1. The summed E-state index contributed by atoms with van der Waals surface area (Å²) < 4.78 is 39.0. The normalized spacial score (nSPS) is 21.2. The van der Waals surface area contributed by atoms with Crippen LogP contribution in [0.4, 0.5) is 19.0 Å². The number of nitrogens with zero attached hydrogens (tertiary/aromatic N) is 4. The number of nitrogens with one attached hydrogen (secondary N) is 2. The highest BCUT2D eigenvalue weighted by Crippen LogP contribution is 2.31. The smallest absolute Gasteiger partial charge is 0.365 e. The number of aromatic nitrogens is 4. The van der Waals surface area contributed by atoms with Crippen molar-refractivity contribution in [2.75, 3.05) is 18.4 Å². The van der Waals surface area contributed by atoms with E-state index >= 15 is 0 Å². The van der Waals surface area contributed by atoms with Gasteiger partial charge in [0.05, 0.1) is 6.33 Å². The van der Waals surface area contributed by atoms with E-state index in [1.54, 1.807) is 0 Å². The Morgan fingerprint density at radius 2 is 1.80 bits per heavy atom. The Kier molecular flexibility index (Phi) is 4.26. The van der Waals surface area contributed by atoms with Crippen LogP contribution in [0.2, 0.25) is 0 Å². The van der Waals surface area contributed by atoms with Crippen molar-refractivity contribution in [3.05, 3.63) is 12.2 Å². The lowest BCUT2D eigenvalue weighted by molar-refractivity contribution is -0.144. The third-order valence-electron chi connectivity index (χ3n) is 5.25. The first kappa shape index (κ1) is 16.6. The number of anilines is 1. The summed E-state index contributed by atoms with van der Waals surface area (Å²) >= 11 is 0. The maximum atomic E-state index is 13.0. The van der Waals surface area contributed by atoms with Crippen LogP contribution in [0.1, 0.15) is 44.3 Å². The third-order valence-corrected chi connectivity index (χ3v) is 5.25. The Bertz CT molecular complexity index is 729. The first-order chi connectivity index (χ1) is 12.0. The van der Waals surface area contributed by atoms with E-state index in [9.17, 15) is 13.2 Å². The number of H-pyrrole nitrogens is 1. The van der Waals surface area contributed by atoms with Crippen LogP contribution in [0.3, 0.4) is 0 Å². The molecule has 0 radical (unpaired) electrons. The molecule has 3 heterocycles. The summed E-state index contributed by atoms with van der Waals surface area (Å²) in [6.45, 7) is 1.96. The molecule has 0 unspecified atom stereocenters. The van der Waals surface area contributed by atoms with Gasteiger partial charge in [-0.3, -0.25) is 0 Å². The molecule has 4 rings (SSSR count). The molecular weight excluding hydrogens is 333 g/mol. The fraction of sp³-hybridized carbons (Fsp3) is 0.688. The molecule has 25 heavy (non-hydrogen) atoms. The second-order valence-electron chi connectivity index (χ2n) is 6.89. The largest absolute Gasteiger partial charge is 0.451 e. The lowest BCUT2D eigenvalue weighted by Crippen LogP contribution is -2.43. The number of hydrogen-bond donors (Lipinski definition) is 2. The van der Waals surface area contributed by atoms with Gasteiger partial charge >= 0.3 is 6.18 Å². The summed E-state index contributed by atoms with van der Waals surface area (Å²) in [7, 11) is 0. The fourth-order valence-electron chi connectivity index (χ4n) is 3.94. The second-order valence-corrected chi connectivity index (χ2v) is 6.89. The Morgan fingerprint density at radius 3 is 2.48 bits per heavy atom. The molecular formula is C16H21F3N6. The molecule has 0 atom stereocenters. The minimum atomic E-state index is -4.59. The molecule has 136 valence electrons. The van der Waals surface area contributed by atoms with Crippen molar-refractivity contribution in [1.82, 2.24) is 24.8 Å². The van der Waals surface area contributed by atoms with Crippen LogP contribution < -0.4 is 5.32 Å². The highest BCUT2D eigenvalue weighted by molar-refractivity contribution is 5.82. The predicted octanol–water partition coefficient (Wildman–Crippen LogP) is 3.19. The van der Waals surface area contributed by atoms with E-state index in [4.69, 9.17) is 0 Å². The Morgan fingerprint density at radius 1 is 1.08 bits per heavy atom. The van der Waals surface area contributed by atoms with E-state index in [1.165, 1.54) is 32.0 Å². The van der Waals surface area contributed by atoms with Gasteiger partial charge in [-0.15, -0.1) is 0 Å². The Labute approximate surface area is 143 Å². The summed E-state index contributed by atoms with van der Waals surface area (Å²) in [6.07, 6.45) is 3.71. The Hall–Kier alpha value is -1.90. The number of halogens is 3. The number of fused-ring (bicyclic) bond motifs is 1. The van der Waals surface area contributed by atoms with Gasteiger partial charge in [0.25, 0.3) is 0 Å². The Balaban J connectivity index is 1.48. The van der Waals surface area contributed by atoms with Gasteiger partial charge < -0.3 is 15.2 Å². The van der Waals surface area contributed by atoms with Crippen molar-refractivity contribution in [3.63, 3.8) is 0 Å². The molecule has 2 aromatic rings. The molecule has 0 bridgehead atoms. The molecule has 1 saturated carbocycles. The second kappa shape index (κ2) is 6.44. The van der Waals surface area contributed by atoms with Crippen LogP contribution in [0.25, 0.3) is 11.2 Å². The van der Waals surface area contributed by atoms with Gasteiger partial charge in [-0.05, 0) is 25.7 Å². The van der Waals surface area contributed by atoms with Crippen molar-refractivity contribution in [2.45, 2.75) is 56.8 Å². The molecule has 0 spiro atoms. The molecule has 9 heteroatoms. The van der Waals surface area contributed by atoms with Gasteiger partial charge in [-0.25, -0.2) is 15.0 Å². The number of alkyl halides is 3.